The summed E-state index contributed by atoms with van der Waals surface area (Å²) >= 11 is 0. The van der Waals surface area contributed by atoms with Crippen molar-refractivity contribution in [2.75, 3.05) is 7.11 Å². The molecule has 2 unspecified atom stereocenters. The van der Waals surface area contributed by atoms with Crippen LogP contribution in [0.15, 0.2) is 30.3 Å². The molecule has 0 aliphatic heterocycles. The van der Waals surface area contributed by atoms with E-state index in [2.05, 4.69) is 9.47 Å². The van der Waals surface area contributed by atoms with E-state index in [-0.39, 0.29) is 5.56 Å². The minimum absolute atomic E-state index is 0.119. The van der Waals surface area contributed by atoms with Crippen LogP contribution in [-0.4, -0.2) is 47.4 Å². The number of benzene rings is 1. The van der Waals surface area contributed by atoms with Gasteiger partial charge in [-0.15, -0.1) is 0 Å². The fraction of sp³-hybridized carbons (Fsp3) is 0.250. The Morgan fingerprint density at radius 3 is 1.95 bits per heavy atom. The maximum atomic E-state index is 11.7. The molecule has 0 amide bonds. The summed E-state index contributed by atoms with van der Waals surface area (Å²) in [5.74, 6) is -4.06. The van der Waals surface area contributed by atoms with Crippen molar-refractivity contribution < 1.29 is 34.1 Å². The fourth-order valence-electron chi connectivity index (χ4n) is 1.35. The maximum Gasteiger partial charge on any atom is 0.348 e. The molecular formula is C12H12O7. The second-order valence-corrected chi connectivity index (χ2v) is 3.52. The van der Waals surface area contributed by atoms with Gasteiger partial charge >= 0.3 is 17.9 Å². The van der Waals surface area contributed by atoms with Gasteiger partial charge in [0.05, 0.1) is 5.56 Å². The predicted molar refractivity (Wildman–Crippen MR) is 61.7 cm³/mol. The van der Waals surface area contributed by atoms with Gasteiger partial charge in [-0.1, -0.05) is 18.2 Å². The summed E-state index contributed by atoms with van der Waals surface area (Å²) in [6.07, 6.45) is -3.69. The zero-order valence-electron chi connectivity index (χ0n) is 9.98. The lowest BCUT2D eigenvalue weighted by molar-refractivity contribution is -0.168. The Morgan fingerprint density at radius 2 is 1.53 bits per heavy atom. The summed E-state index contributed by atoms with van der Waals surface area (Å²) in [4.78, 5) is 33.4. The van der Waals surface area contributed by atoms with Gasteiger partial charge in [0.2, 0.25) is 12.2 Å². The molecule has 1 aromatic rings. The van der Waals surface area contributed by atoms with E-state index in [4.69, 9.17) is 10.2 Å². The number of ether oxygens (including phenoxy) is 2. The van der Waals surface area contributed by atoms with Crippen LogP contribution in [0, 0.1) is 0 Å². The molecule has 0 aliphatic carbocycles. The van der Waals surface area contributed by atoms with Gasteiger partial charge in [0.1, 0.15) is 0 Å². The van der Waals surface area contributed by atoms with Crippen LogP contribution in [0.1, 0.15) is 10.4 Å². The van der Waals surface area contributed by atoms with Crippen LogP contribution in [0.4, 0.5) is 0 Å². The zero-order chi connectivity index (χ0) is 14.4. The Labute approximate surface area is 108 Å². The molecule has 102 valence electrons. The molecule has 0 aromatic heterocycles. The third kappa shape index (κ3) is 3.78. The molecule has 0 bridgehead atoms. The van der Waals surface area contributed by atoms with Crippen LogP contribution in [-0.2, 0) is 19.1 Å². The quantitative estimate of drug-likeness (QED) is 0.718. The third-order valence-electron chi connectivity index (χ3n) is 2.26. The van der Waals surface area contributed by atoms with Crippen LogP contribution in [0.3, 0.4) is 0 Å². The van der Waals surface area contributed by atoms with Gasteiger partial charge in [-0.2, -0.15) is 0 Å². The van der Waals surface area contributed by atoms with Crippen LogP contribution >= 0.6 is 0 Å². The van der Waals surface area contributed by atoms with Crippen LogP contribution in [0.5, 0.6) is 0 Å². The molecule has 1 aromatic carbocycles. The molecule has 19 heavy (non-hydrogen) atoms. The standard InChI is InChI=1S/C12H12O7/c1-18-8(10(13)14)9(11(15)16)19-12(17)7-5-3-2-4-6-7/h2-6,8-9H,1H3,(H,13,14)(H,15,16). The van der Waals surface area contributed by atoms with Gasteiger partial charge in [0.25, 0.3) is 0 Å². The second kappa shape index (κ2) is 6.50. The Hall–Kier alpha value is -2.41. The van der Waals surface area contributed by atoms with Crippen LogP contribution in [0.2, 0.25) is 0 Å². The van der Waals surface area contributed by atoms with Gasteiger partial charge in [0, 0.05) is 7.11 Å². The van der Waals surface area contributed by atoms with Crippen molar-refractivity contribution in [3.63, 3.8) is 0 Å². The van der Waals surface area contributed by atoms with Crippen molar-refractivity contribution >= 4 is 17.9 Å². The number of hydrogen-bond donors (Lipinski definition) is 2. The Bertz CT molecular complexity index is 468. The van der Waals surface area contributed by atoms with Crippen molar-refractivity contribution in [1.29, 1.82) is 0 Å². The van der Waals surface area contributed by atoms with E-state index in [0.717, 1.165) is 7.11 Å². The summed E-state index contributed by atoms with van der Waals surface area (Å²) in [6.45, 7) is 0. The molecule has 1 rings (SSSR count). The van der Waals surface area contributed by atoms with Crippen LogP contribution in [0.25, 0.3) is 0 Å². The largest absolute Gasteiger partial charge is 0.479 e. The summed E-state index contributed by atoms with van der Waals surface area (Å²) in [7, 11) is 1.02. The number of hydrogen-bond acceptors (Lipinski definition) is 5. The van der Waals surface area contributed by atoms with Gasteiger partial charge in [-0.05, 0) is 12.1 Å². The molecule has 0 fully saturated rings. The summed E-state index contributed by atoms with van der Waals surface area (Å²) in [6, 6.07) is 7.64. The number of methoxy groups -OCH3 is 1. The minimum Gasteiger partial charge on any atom is -0.479 e. The fourth-order valence-corrected chi connectivity index (χ4v) is 1.35. The van der Waals surface area contributed by atoms with E-state index in [1.807, 2.05) is 0 Å². The zero-order valence-corrected chi connectivity index (χ0v) is 9.98. The van der Waals surface area contributed by atoms with Gasteiger partial charge in [-0.25, -0.2) is 14.4 Å². The monoisotopic (exact) mass is 268 g/mol. The molecule has 7 nitrogen and oxygen atoms in total. The molecule has 2 N–H and O–H groups in total. The summed E-state index contributed by atoms with van der Waals surface area (Å²) in [5, 5.41) is 17.7. The smallest absolute Gasteiger partial charge is 0.348 e. The van der Waals surface area contributed by atoms with E-state index in [1.165, 1.54) is 12.1 Å². The molecule has 0 heterocycles. The van der Waals surface area contributed by atoms with E-state index in [0.29, 0.717) is 0 Å². The average molecular weight is 268 g/mol. The van der Waals surface area contributed by atoms with Crippen molar-refractivity contribution in [3.8, 4) is 0 Å². The van der Waals surface area contributed by atoms with Gasteiger partial charge < -0.3 is 19.7 Å². The molecule has 0 radical (unpaired) electrons. The number of carboxylic acids is 2. The number of aliphatic carboxylic acids is 2. The van der Waals surface area contributed by atoms with E-state index in [1.54, 1.807) is 18.2 Å². The lowest BCUT2D eigenvalue weighted by Gasteiger charge is -2.19. The highest BCUT2D eigenvalue weighted by Gasteiger charge is 2.37. The summed E-state index contributed by atoms with van der Waals surface area (Å²) in [5.41, 5.74) is 0.119. The number of carbonyl (C=O) groups is 3. The lowest BCUT2D eigenvalue weighted by atomic mass is 10.2. The first-order valence-electron chi connectivity index (χ1n) is 5.21. The first-order chi connectivity index (χ1) is 8.97. The highest BCUT2D eigenvalue weighted by molar-refractivity contribution is 5.92. The number of carboxylic acid groups (broad SMARTS) is 2. The van der Waals surface area contributed by atoms with Crippen molar-refractivity contribution in [1.82, 2.24) is 0 Å². The minimum atomic E-state index is -1.92. The molecular weight excluding hydrogens is 256 g/mol. The molecule has 2 atom stereocenters. The SMILES string of the molecule is COC(C(=O)O)C(OC(=O)c1ccccc1)C(=O)O. The number of carbonyl (C=O) groups excluding carboxylic acids is 1. The lowest BCUT2D eigenvalue weighted by Crippen LogP contribution is -2.44. The average Bonchev–Trinajstić information content (AvgIpc) is 2.38. The first-order valence-corrected chi connectivity index (χ1v) is 5.21. The summed E-state index contributed by atoms with van der Waals surface area (Å²) < 4.78 is 9.18. The van der Waals surface area contributed by atoms with Gasteiger partial charge in [0.15, 0.2) is 0 Å². The second-order valence-electron chi connectivity index (χ2n) is 3.52. The molecule has 0 spiro atoms. The molecule has 0 aliphatic rings. The Kier molecular flexibility index (Phi) is 5.01. The normalized spacial score (nSPS) is 13.3. The predicted octanol–water partition coefficient (Wildman–Crippen LogP) is 0.396. The highest BCUT2D eigenvalue weighted by atomic mass is 16.6. The molecule has 0 saturated carbocycles. The molecule has 7 heteroatoms. The van der Waals surface area contributed by atoms with E-state index < -0.39 is 30.1 Å². The number of esters is 1. The highest BCUT2D eigenvalue weighted by Crippen LogP contribution is 2.09. The van der Waals surface area contributed by atoms with Crippen molar-refractivity contribution in [2.24, 2.45) is 0 Å². The maximum absolute atomic E-state index is 11.7. The third-order valence-corrected chi connectivity index (χ3v) is 2.26. The van der Waals surface area contributed by atoms with Crippen molar-refractivity contribution in [2.45, 2.75) is 12.2 Å². The van der Waals surface area contributed by atoms with E-state index >= 15 is 0 Å². The topological polar surface area (TPSA) is 110 Å². The van der Waals surface area contributed by atoms with Crippen LogP contribution < -0.4 is 0 Å². The molecule has 0 saturated heterocycles. The van der Waals surface area contributed by atoms with Gasteiger partial charge in [-0.3, -0.25) is 0 Å². The van der Waals surface area contributed by atoms with Crippen molar-refractivity contribution in [3.05, 3.63) is 35.9 Å². The Balaban J connectivity index is 2.88. The Morgan fingerprint density at radius 1 is 1.00 bits per heavy atom. The first kappa shape index (κ1) is 14.7. The number of rotatable bonds is 6. The van der Waals surface area contributed by atoms with E-state index in [9.17, 15) is 14.4 Å².